The summed E-state index contributed by atoms with van der Waals surface area (Å²) in [5.74, 6) is -4.49. The molecule has 0 fully saturated rings. The third-order valence-corrected chi connectivity index (χ3v) is 5.72. The van der Waals surface area contributed by atoms with Crippen LogP contribution in [-0.2, 0) is 16.4 Å². The fourth-order valence-corrected chi connectivity index (χ4v) is 4.45. The summed E-state index contributed by atoms with van der Waals surface area (Å²) in [4.78, 5) is 10.2. The number of carbonyl (C=O) groups is 1. The van der Waals surface area contributed by atoms with E-state index in [9.17, 15) is 26.4 Å². The van der Waals surface area contributed by atoms with Crippen molar-refractivity contribution in [1.82, 2.24) is 0 Å². The first-order chi connectivity index (χ1) is 11.7. The molecule has 2 aromatic rings. The van der Waals surface area contributed by atoms with E-state index < -0.39 is 43.9 Å². The number of aryl methyl sites for hydroxylation is 1. The fraction of sp³-hybridized carbons (Fsp3) is 0.188. The van der Waals surface area contributed by atoms with Gasteiger partial charge in [-0.1, -0.05) is 0 Å². The van der Waals surface area contributed by atoms with Crippen LogP contribution in [0.3, 0.4) is 0 Å². The molecule has 0 saturated carbocycles. The summed E-state index contributed by atoms with van der Waals surface area (Å²) in [6.45, 7) is -0.130. The maximum absolute atomic E-state index is 14.2. The number of halogens is 3. The van der Waals surface area contributed by atoms with Crippen LogP contribution in [0.25, 0.3) is 0 Å². The number of aromatic carboxylic acids is 1. The first-order valence-corrected chi connectivity index (χ1v) is 8.69. The van der Waals surface area contributed by atoms with Gasteiger partial charge in [-0.25, -0.2) is 26.4 Å². The molecule has 0 unspecified atom stereocenters. The standard InChI is InChI=1S/C16H12F3NO4S/c17-11-6-9-2-1-5-20(15(9)13(19)8-11)25(23,24)14-7-10(16(21)22)3-4-12(14)18/h3-4,6-8H,1-2,5H2,(H,21,22). The van der Waals surface area contributed by atoms with Crippen molar-refractivity contribution in [3.8, 4) is 0 Å². The first kappa shape index (κ1) is 17.3. The third kappa shape index (κ3) is 2.95. The highest BCUT2D eigenvalue weighted by Crippen LogP contribution is 2.35. The predicted molar refractivity (Wildman–Crippen MR) is 82.6 cm³/mol. The lowest BCUT2D eigenvalue weighted by Crippen LogP contribution is -2.37. The maximum atomic E-state index is 14.2. The summed E-state index contributed by atoms with van der Waals surface area (Å²) >= 11 is 0. The Hall–Kier alpha value is -2.55. The quantitative estimate of drug-likeness (QED) is 0.900. The zero-order valence-electron chi connectivity index (χ0n) is 12.7. The van der Waals surface area contributed by atoms with Gasteiger partial charge in [-0.2, -0.15) is 0 Å². The second-order valence-corrected chi connectivity index (χ2v) is 7.36. The lowest BCUT2D eigenvalue weighted by molar-refractivity contribution is 0.0696. The van der Waals surface area contributed by atoms with Gasteiger partial charge >= 0.3 is 5.97 Å². The van der Waals surface area contributed by atoms with Crippen LogP contribution >= 0.6 is 0 Å². The van der Waals surface area contributed by atoms with Crippen LogP contribution in [0.4, 0.5) is 18.9 Å². The maximum Gasteiger partial charge on any atom is 0.335 e. The number of hydrogen-bond acceptors (Lipinski definition) is 3. The highest BCUT2D eigenvalue weighted by molar-refractivity contribution is 7.92. The molecule has 0 atom stereocenters. The molecule has 3 rings (SSSR count). The van der Waals surface area contributed by atoms with Crippen molar-refractivity contribution in [2.75, 3.05) is 10.8 Å². The molecule has 132 valence electrons. The molecule has 0 aliphatic carbocycles. The smallest absolute Gasteiger partial charge is 0.335 e. The van der Waals surface area contributed by atoms with E-state index in [1.807, 2.05) is 0 Å². The number of nitrogens with zero attached hydrogens (tertiary/aromatic N) is 1. The molecule has 2 aromatic carbocycles. The second-order valence-electron chi connectivity index (χ2n) is 5.53. The molecule has 0 bridgehead atoms. The number of carboxylic acids is 1. The topological polar surface area (TPSA) is 74.7 Å². The summed E-state index contributed by atoms with van der Waals surface area (Å²) in [5, 5.41) is 8.98. The second kappa shape index (κ2) is 6.07. The SMILES string of the molecule is O=C(O)c1ccc(F)c(S(=O)(=O)N2CCCc3cc(F)cc(F)c32)c1. The van der Waals surface area contributed by atoms with Gasteiger partial charge in [-0.05, 0) is 42.7 Å². The Labute approximate surface area is 141 Å². The molecule has 1 N–H and O–H groups in total. The van der Waals surface area contributed by atoms with Crippen LogP contribution in [-0.4, -0.2) is 26.0 Å². The van der Waals surface area contributed by atoms with E-state index in [1.54, 1.807) is 0 Å². The molecule has 1 aliphatic rings. The van der Waals surface area contributed by atoms with E-state index in [0.29, 0.717) is 16.4 Å². The molecule has 5 nitrogen and oxygen atoms in total. The largest absolute Gasteiger partial charge is 0.478 e. The number of benzene rings is 2. The zero-order valence-corrected chi connectivity index (χ0v) is 13.5. The first-order valence-electron chi connectivity index (χ1n) is 7.25. The molecule has 0 amide bonds. The lowest BCUT2D eigenvalue weighted by atomic mass is 10.0. The minimum Gasteiger partial charge on any atom is -0.478 e. The molecule has 0 saturated heterocycles. The number of anilines is 1. The summed E-state index contributed by atoms with van der Waals surface area (Å²) in [7, 11) is -4.56. The minimum atomic E-state index is -4.56. The Kier molecular flexibility index (Phi) is 4.19. The Bertz CT molecular complexity index is 976. The van der Waals surface area contributed by atoms with Crippen molar-refractivity contribution in [2.45, 2.75) is 17.7 Å². The van der Waals surface area contributed by atoms with Crippen LogP contribution in [0.2, 0.25) is 0 Å². The monoisotopic (exact) mass is 371 g/mol. The van der Waals surface area contributed by atoms with Gasteiger partial charge in [0.15, 0.2) is 5.82 Å². The molecule has 0 radical (unpaired) electrons. The van der Waals surface area contributed by atoms with E-state index in [-0.39, 0.29) is 30.6 Å². The van der Waals surface area contributed by atoms with Gasteiger partial charge in [0.25, 0.3) is 10.0 Å². The van der Waals surface area contributed by atoms with Crippen LogP contribution in [0.15, 0.2) is 35.2 Å². The van der Waals surface area contributed by atoms with Gasteiger partial charge in [0.1, 0.15) is 16.5 Å². The Morgan fingerprint density at radius 2 is 1.80 bits per heavy atom. The Balaban J connectivity index is 2.18. The van der Waals surface area contributed by atoms with Crippen LogP contribution in [0, 0.1) is 17.5 Å². The van der Waals surface area contributed by atoms with E-state index in [0.717, 1.165) is 18.2 Å². The van der Waals surface area contributed by atoms with E-state index in [1.165, 1.54) is 0 Å². The van der Waals surface area contributed by atoms with E-state index in [2.05, 4.69) is 0 Å². The number of hydrogen-bond donors (Lipinski definition) is 1. The van der Waals surface area contributed by atoms with Crippen molar-refractivity contribution in [3.63, 3.8) is 0 Å². The average molecular weight is 371 g/mol. The summed E-state index contributed by atoms with van der Waals surface area (Å²) in [6.07, 6.45) is 0.559. The molecule has 1 aliphatic heterocycles. The normalized spacial score (nSPS) is 14.3. The number of fused-ring (bicyclic) bond motifs is 1. The van der Waals surface area contributed by atoms with Crippen LogP contribution in [0.1, 0.15) is 22.3 Å². The van der Waals surface area contributed by atoms with Crippen molar-refractivity contribution in [2.24, 2.45) is 0 Å². The average Bonchev–Trinajstić information content (AvgIpc) is 2.53. The number of sulfonamides is 1. The predicted octanol–water partition coefficient (Wildman–Crippen LogP) is 2.94. The Morgan fingerprint density at radius 1 is 1.08 bits per heavy atom. The van der Waals surface area contributed by atoms with Gasteiger partial charge in [-0.15, -0.1) is 0 Å². The highest BCUT2D eigenvalue weighted by Gasteiger charge is 2.34. The molecular formula is C16H12F3NO4S. The molecule has 0 spiro atoms. The number of rotatable bonds is 3. The summed E-state index contributed by atoms with van der Waals surface area (Å²) in [6, 6.07) is 3.92. The van der Waals surface area contributed by atoms with Gasteiger partial charge < -0.3 is 5.11 Å². The molecule has 25 heavy (non-hydrogen) atoms. The van der Waals surface area contributed by atoms with E-state index in [4.69, 9.17) is 5.11 Å². The van der Waals surface area contributed by atoms with Gasteiger partial charge in [-0.3, -0.25) is 4.31 Å². The van der Waals surface area contributed by atoms with Crippen LogP contribution < -0.4 is 4.31 Å². The van der Waals surface area contributed by atoms with Gasteiger partial charge in [0, 0.05) is 12.6 Å². The van der Waals surface area contributed by atoms with E-state index >= 15 is 0 Å². The fourth-order valence-electron chi connectivity index (χ4n) is 2.81. The van der Waals surface area contributed by atoms with Gasteiger partial charge in [0.2, 0.25) is 0 Å². The Morgan fingerprint density at radius 3 is 2.48 bits per heavy atom. The van der Waals surface area contributed by atoms with Crippen molar-refractivity contribution in [3.05, 3.63) is 58.9 Å². The third-order valence-electron chi connectivity index (χ3n) is 3.91. The number of carboxylic acid groups (broad SMARTS) is 1. The van der Waals surface area contributed by atoms with Crippen molar-refractivity contribution >= 4 is 21.7 Å². The zero-order chi connectivity index (χ0) is 18.4. The molecule has 1 heterocycles. The highest BCUT2D eigenvalue weighted by atomic mass is 32.2. The molecule has 0 aromatic heterocycles. The molecule has 9 heteroatoms. The molecular weight excluding hydrogens is 359 g/mol. The minimum absolute atomic E-state index is 0.130. The summed E-state index contributed by atoms with van der Waals surface area (Å²) < 4.78 is 67.9. The van der Waals surface area contributed by atoms with Gasteiger partial charge in [0.05, 0.1) is 11.3 Å². The lowest BCUT2D eigenvalue weighted by Gasteiger charge is -2.31. The summed E-state index contributed by atoms with van der Waals surface area (Å²) in [5.41, 5.74) is -0.605. The van der Waals surface area contributed by atoms with Crippen LogP contribution in [0.5, 0.6) is 0 Å². The van der Waals surface area contributed by atoms with Crippen molar-refractivity contribution < 1.29 is 31.5 Å². The van der Waals surface area contributed by atoms with Crippen molar-refractivity contribution in [1.29, 1.82) is 0 Å².